The number of nitrogens with one attached hydrogen (secondary N) is 1. The third-order valence-electron chi connectivity index (χ3n) is 7.12. The standard InChI is InChI=1S/C19H30N2O3/c1-24-9-3-8-21(19(23)16-6-7-18(22)20-16)17-11-12-10-15(17)14-5-2-4-13(12)14/h12-17H,2-11H2,1H3,(H,20,22). The first kappa shape index (κ1) is 16.4. The Balaban J connectivity index is 1.48. The Morgan fingerprint density at radius 1 is 1.21 bits per heavy atom. The molecule has 2 amide bonds. The summed E-state index contributed by atoms with van der Waals surface area (Å²) in [7, 11) is 1.71. The molecule has 5 heteroatoms. The number of rotatable bonds is 6. The summed E-state index contributed by atoms with van der Waals surface area (Å²) in [5.74, 6) is 3.51. The van der Waals surface area contributed by atoms with Gasteiger partial charge in [0.2, 0.25) is 11.8 Å². The zero-order valence-electron chi connectivity index (χ0n) is 14.7. The van der Waals surface area contributed by atoms with Gasteiger partial charge in [-0.2, -0.15) is 0 Å². The quantitative estimate of drug-likeness (QED) is 0.756. The molecule has 0 aromatic heterocycles. The Morgan fingerprint density at radius 2 is 2.04 bits per heavy atom. The minimum Gasteiger partial charge on any atom is -0.385 e. The van der Waals surface area contributed by atoms with Gasteiger partial charge in [0.05, 0.1) is 0 Å². The highest BCUT2D eigenvalue weighted by atomic mass is 16.5. The Kier molecular flexibility index (Phi) is 4.54. The number of nitrogens with zero attached hydrogens (tertiary/aromatic N) is 1. The van der Waals surface area contributed by atoms with Gasteiger partial charge < -0.3 is 15.0 Å². The Labute approximate surface area is 144 Å². The number of amides is 2. The number of hydrogen-bond donors (Lipinski definition) is 1. The molecule has 2 bridgehead atoms. The third kappa shape index (κ3) is 2.75. The van der Waals surface area contributed by atoms with Crippen LogP contribution in [-0.4, -0.2) is 49.1 Å². The maximum atomic E-state index is 13.1. The first-order valence-electron chi connectivity index (χ1n) is 9.78. The van der Waals surface area contributed by atoms with Crippen molar-refractivity contribution in [1.29, 1.82) is 0 Å². The highest BCUT2D eigenvalue weighted by Crippen LogP contribution is 2.59. The van der Waals surface area contributed by atoms with E-state index in [1.807, 2.05) is 0 Å². The fraction of sp³-hybridized carbons (Fsp3) is 0.895. The van der Waals surface area contributed by atoms with Crippen molar-refractivity contribution in [2.24, 2.45) is 23.7 Å². The molecule has 1 aliphatic heterocycles. The average molecular weight is 334 g/mol. The molecule has 4 aliphatic rings. The van der Waals surface area contributed by atoms with E-state index in [0.29, 0.717) is 31.4 Å². The number of fused-ring (bicyclic) bond motifs is 5. The van der Waals surface area contributed by atoms with Gasteiger partial charge >= 0.3 is 0 Å². The van der Waals surface area contributed by atoms with Crippen molar-refractivity contribution in [2.75, 3.05) is 20.3 Å². The van der Waals surface area contributed by atoms with Crippen molar-refractivity contribution < 1.29 is 14.3 Å². The SMILES string of the molecule is COCCCN(C(=O)C1CCC(=O)N1)C1CC2CC1C1CCCC21. The number of methoxy groups -OCH3 is 1. The molecule has 1 saturated heterocycles. The lowest BCUT2D eigenvalue weighted by molar-refractivity contribution is -0.138. The maximum absolute atomic E-state index is 13.1. The summed E-state index contributed by atoms with van der Waals surface area (Å²) in [5, 5.41) is 2.88. The number of carbonyl (C=O) groups is 2. The molecule has 6 unspecified atom stereocenters. The Hall–Kier alpha value is -1.10. The molecule has 6 atom stereocenters. The number of ether oxygens (including phenoxy) is 1. The molecule has 4 rings (SSSR count). The van der Waals surface area contributed by atoms with Gasteiger partial charge in [0, 0.05) is 32.7 Å². The van der Waals surface area contributed by atoms with Crippen LogP contribution in [0.4, 0.5) is 0 Å². The van der Waals surface area contributed by atoms with E-state index in [2.05, 4.69) is 10.2 Å². The van der Waals surface area contributed by atoms with E-state index in [9.17, 15) is 9.59 Å². The van der Waals surface area contributed by atoms with E-state index in [-0.39, 0.29) is 17.9 Å². The van der Waals surface area contributed by atoms with Crippen LogP contribution >= 0.6 is 0 Å². The van der Waals surface area contributed by atoms with E-state index in [0.717, 1.165) is 30.7 Å². The minimum atomic E-state index is -0.293. The van der Waals surface area contributed by atoms with Crippen molar-refractivity contribution in [3.8, 4) is 0 Å². The first-order chi connectivity index (χ1) is 11.7. The van der Waals surface area contributed by atoms with Gasteiger partial charge in [0.1, 0.15) is 6.04 Å². The summed E-state index contributed by atoms with van der Waals surface area (Å²) in [6.45, 7) is 1.46. The zero-order valence-corrected chi connectivity index (χ0v) is 14.7. The fourth-order valence-corrected chi connectivity index (χ4v) is 6.21. The molecule has 3 aliphatic carbocycles. The predicted octanol–water partition coefficient (Wildman–Crippen LogP) is 1.95. The predicted molar refractivity (Wildman–Crippen MR) is 90.2 cm³/mol. The highest BCUT2D eigenvalue weighted by Gasteiger charge is 2.56. The smallest absolute Gasteiger partial charge is 0.245 e. The molecule has 0 radical (unpaired) electrons. The minimum absolute atomic E-state index is 0.0222. The second-order valence-corrected chi connectivity index (χ2v) is 8.26. The van der Waals surface area contributed by atoms with E-state index < -0.39 is 0 Å². The van der Waals surface area contributed by atoms with E-state index in [1.54, 1.807) is 7.11 Å². The normalized spacial score (nSPS) is 40.0. The van der Waals surface area contributed by atoms with Gasteiger partial charge in [-0.05, 0) is 62.2 Å². The molecule has 1 N–H and O–H groups in total. The molecule has 0 aromatic carbocycles. The molecule has 1 heterocycles. The summed E-state index contributed by atoms with van der Waals surface area (Å²) < 4.78 is 5.20. The summed E-state index contributed by atoms with van der Waals surface area (Å²) in [6.07, 6.45) is 8.69. The molecule has 134 valence electrons. The van der Waals surface area contributed by atoms with Crippen LogP contribution in [0.2, 0.25) is 0 Å². The van der Waals surface area contributed by atoms with Crippen LogP contribution in [0.1, 0.15) is 51.4 Å². The summed E-state index contributed by atoms with van der Waals surface area (Å²) in [5.41, 5.74) is 0. The van der Waals surface area contributed by atoms with Crippen molar-refractivity contribution >= 4 is 11.8 Å². The van der Waals surface area contributed by atoms with Gasteiger partial charge in [-0.25, -0.2) is 0 Å². The second-order valence-electron chi connectivity index (χ2n) is 8.26. The van der Waals surface area contributed by atoms with Crippen molar-refractivity contribution in [2.45, 2.75) is 63.5 Å². The van der Waals surface area contributed by atoms with Crippen molar-refractivity contribution in [3.63, 3.8) is 0 Å². The van der Waals surface area contributed by atoms with Crippen LogP contribution in [0.25, 0.3) is 0 Å². The van der Waals surface area contributed by atoms with E-state index in [1.165, 1.54) is 32.1 Å². The van der Waals surface area contributed by atoms with E-state index >= 15 is 0 Å². The average Bonchev–Trinajstić information content (AvgIpc) is 3.31. The van der Waals surface area contributed by atoms with Crippen molar-refractivity contribution in [3.05, 3.63) is 0 Å². The van der Waals surface area contributed by atoms with Gasteiger partial charge in [-0.1, -0.05) is 6.42 Å². The zero-order chi connectivity index (χ0) is 16.7. The van der Waals surface area contributed by atoms with Crippen LogP contribution in [0, 0.1) is 23.7 Å². The maximum Gasteiger partial charge on any atom is 0.245 e. The van der Waals surface area contributed by atoms with E-state index in [4.69, 9.17) is 4.74 Å². The summed E-state index contributed by atoms with van der Waals surface area (Å²) in [4.78, 5) is 26.8. The van der Waals surface area contributed by atoms with Crippen LogP contribution in [0.15, 0.2) is 0 Å². The van der Waals surface area contributed by atoms with Crippen LogP contribution < -0.4 is 5.32 Å². The first-order valence-corrected chi connectivity index (χ1v) is 9.78. The van der Waals surface area contributed by atoms with Crippen LogP contribution in [-0.2, 0) is 14.3 Å². The van der Waals surface area contributed by atoms with Gasteiger partial charge in [-0.15, -0.1) is 0 Å². The van der Waals surface area contributed by atoms with Gasteiger partial charge in [0.25, 0.3) is 0 Å². The van der Waals surface area contributed by atoms with Gasteiger partial charge in [0.15, 0.2) is 0 Å². The molecule has 3 saturated carbocycles. The lowest BCUT2D eigenvalue weighted by Gasteiger charge is -2.40. The molecule has 4 fully saturated rings. The lowest BCUT2D eigenvalue weighted by Crippen LogP contribution is -2.52. The molecule has 24 heavy (non-hydrogen) atoms. The number of hydrogen-bond acceptors (Lipinski definition) is 3. The topological polar surface area (TPSA) is 58.6 Å². The Morgan fingerprint density at radius 3 is 2.79 bits per heavy atom. The summed E-state index contributed by atoms with van der Waals surface area (Å²) in [6, 6.07) is 0.106. The van der Waals surface area contributed by atoms with Crippen LogP contribution in [0.5, 0.6) is 0 Å². The third-order valence-corrected chi connectivity index (χ3v) is 7.12. The molecular weight excluding hydrogens is 304 g/mol. The fourth-order valence-electron chi connectivity index (χ4n) is 6.21. The monoisotopic (exact) mass is 334 g/mol. The lowest BCUT2D eigenvalue weighted by atomic mass is 9.78. The molecule has 0 aromatic rings. The van der Waals surface area contributed by atoms with Crippen molar-refractivity contribution in [1.82, 2.24) is 10.2 Å². The molecule has 5 nitrogen and oxygen atoms in total. The highest BCUT2D eigenvalue weighted by molar-refractivity contribution is 5.91. The second kappa shape index (κ2) is 6.66. The van der Waals surface area contributed by atoms with Crippen LogP contribution in [0.3, 0.4) is 0 Å². The molecule has 0 spiro atoms. The Bertz CT molecular complexity index is 509. The largest absolute Gasteiger partial charge is 0.385 e. The molecular formula is C19H30N2O3. The van der Waals surface area contributed by atoms with Gasteiger partial charge in [-0.3, -0.25) is 9.59 Å². The number of carbonyl (C=O) groups excluding carboxylic acids is 2. The summed E-state index contributed by atoms with van der Waals surface area (Å²) >= 11 is 0.